The highest BCUT2D eigenvalue weighted by Crippen LogP contribution is 2.19. The van der Waals surface area contributed by atoms with E-state index < -0.39 is 0 Å². The average Bonchev–Trinajstić information content (AvgIpc) is 2.15. The molecule has 0 aliphatic carbocycles. The van der Waals surface area contributed by atoms with Gasteiger partial charge in [-0.1, -0.05) is 38.1 Å². The molecule has 1 aromatic carbocycles. The Bertz CT molecular complexity index is 279. The zero-order valence-electron chi connectivity index (χ0n) is 7.91. The van der Waals surface area contributed by atoms with Crippen LogP contribution in [-0.4, -0.2) is 6.47 Å². The molecular formula is C11H13O2. The number of carbonyl (C=O) groups excluding carboxylic acids is 1. The Kier molecular flexibility index (Phi) is 3.50. The standard InChI is InChI=1S/C11H13O2/c1-9(2)11-6-4-3-5-10(11)7-13-8-12/h3-6,9H,7H2,1-2H3. The molecule has 0 saturated heterocycles. The van der Waals surface area contributed by atoms with E-state index in [2.05, 4.69) is 18.6 Å². The quantitative estimate of drug-likeness (QED) is 0.705. The normalized spacial score (nSPS) is 10.1. The van der Waals surface area contributed by atoms with Crippen LogP contribution in [0.2, 0.25) is 0 Å². The fraction of sp³-hybridized carbons (Fsp3) is 0.364. The van der Waals surface area contributed by atoms with Crippen molar-refractivity contribution >= 4 is 6.47 Å². The van der Waals surface area contributed by atoms with E-state index in [1.165, 1.54) is 12.0 Å². The highest BCUT2D eigenvalue weighted by atomic mass is 16.5. The Morgan fingerprint density at radius 1 is 1.38 bits per heavy atom. The number of hydrogen-bond donors (Lipinski definition) is 0. The van der Waals surface area contributed by atoms with Crippen LogP contribution in [0.4, 0.5) is 0 Å². The molecule has 0 bridgehead atoms. The lowest BCUT2D eigenvalue weighted by molar-refractivity contribution is 0.265. The first-order chi connectivity index (χ1) is 6.25. The van der Waals surface area contributed by atoms with E-state index >= 15 is 0 Å². The summed E-state index contributed by atoms with van der Waals surface area (Å²) in [4.78, 5) is 9.91. The Morgan fingerprint density at radius 3 is 2.69 bits per heavy atom. The predicted molar refractivity (Wildman–Crippen MR) is 51.0 cm³/mol. The SMILES string of the molecule is CC(C)c1ccccc1CO[C]=O. The van der Waals surface area contributed by atoms with Crippen molar-refractivity contribution in [2.75, 3.05) is 0 Å². The van der Waals surface area contributed by atoms with E-state index in [4.69, 9.17) is 0 Å². The Balaban J connectivity index is 2.84. The van der Waals surface area contributed by atoms with E-state index in [1.807, 2.05) is 24.3 Å². The molecule has 1 rings (SSSR count). The van der Waals surface area contributed by atoms with Gasteiger partial charge in [-0.05, 0) is 17.0 Å². The average molecular weight is 177 g/mol. The molecule has 0 saturated carbocycles. The molecule has 0 unspecified atom stereocenters. The second-order valence-electron chi connectivity index (χ2n) is 3.23. The van der Waals surface area contributed by atoms with Crippen molar-refractivity contribution in [3.05, 3.63) is 35.4 Å². The third-order valence-electron chi connectivity index (χ3n) is 1.96. The van der Waals surface area contributed by atoms with Crippen LogP contribution >= 0.6 is 0 Å². The molecule has 0 N–H and O–H groups in total. The fourth-order valence-corrected chi connectivity index (χ4v) is 1.34. The monoisotopic (exact) mass is 177 g/mol. The molecule has 1 aromatic rings. The molecule has 0 aromatic heterocycles. The Hall–Kier alpha value is -1.31. The maximum atomic E-state index is 9.91. The van der Waals surface area contributed by atoms with Gasteiger partial charge in [-0.3, -0.25) is 0 Å². The van der Waals surface area contributed by atoms with Gasteiger partial charge in [0.15, 0.2) is 0 Å². The predicted octanol–water partition coefficient (Wildman–Crippen LogP) is 2.39. The summed E-state index contributed by atoms with van der Waals surface area (Å²) >= 11 is 0. The van der Waals surface area contributed by atoms with Gasteiger partial charge in [-0.15, -0.1) is 0 Å². The summed E-state index contributed by atoms with van der Waals surface area (Å²) < 4.78 is 4.60. The molecule has 0 spiro atoms. The van der Waals surface area contributed by atoms with Gasteiger partial charge in [0.2, 0.25) is 0 Å². The first-order valence-corrected chi connectivity index (χ1v) is 4.32. The number of benzene rings is 1. The number of rotatable bonds is 4. The second kappa shape index (κ2) is 4.65. The minimum atomic E-state index is 0.317. The van der Waals surface area contributed by atoms with Crippen LogP contribution in [0.5, 0.6) is 0 Å². The van der Waals surface area contributed by atoms with Crippen molar-refractivity contribution in [2.24, 2.45) is 0 Å². The van der Waals surface area contributed by atoms with Crippen molar-refractivity contribution < 1.29 is 9.53 Å². The largest absolute Gasteiger partial charge is 0.452 e. The third kappa shape index (κ3) is 2.58. The second-order valence-corrected chi connectivity index (χ2v) is 3.23. The molecule has 0 amide bonds. The van der Waals surface area contributed by atoms with Gasteiger partial charge < -0.3 is 4.74 Å². The molecule has 0 heterocycles. The van der Waals surface area contributed by atoms with Gasteiger partial charge in [0.05, 0.1) is 0 Å². The molecule has 0 fully saturated rings. The molecule has 0 aliphatic rings. The van der Waals surface area contributed by atoms with Gasteiger partial charge in [-0.2, -0.15) is 0 Å². The minimum Gasteiger partial charge on any atom is -0.452 e. The molecule has 2 heteroatoms. The van der Waals surface area contributed by atoms with E-state index in [0.717, 1.165) is 5.56 Å². The molecule has 13 heavy (non-hydrogen) atoms. The third-order valence-corrected chi connectivity index (χ3v) is 1.96. The van der Waals surface area contributed by atoms with Crippen molar-refractivity contribution in [3.8, 4) is 0 Å². The van der Waals surface area contributed by atoms with Gasteiger partial charge in [0.25, 0.3) is 0 Å². The lowest BCUT2D eigenvalue weighted by Crippen LogP contribution is -1.98. The fourth-order valence-electron chi connectivity index (χ4n) is 1.34. The summed E-state index contributed by atoms with van der Waals surface area (Å²) in [5.74, 6) is 0.450. The highest BCUT2D eigenvalue weighted by molar-refractivity contribution is 5.39. The number of ether oxygens (including phenoxy) is 1. The Labute approximate surface area is 78.5 Å². The summed E-state index contributed by atoms with van der Waals surface area (Å²) in [6.07, 6.45) is 0. The van der Waals surface area contributed by atoms with E-state index in [0.29, 0.717) is 12.5 Å². The first-order valence-electron chi connectivity index (χ1n) is 4.32. The molecule has 1 radical (unpaired) electrons. The van der Waals surface area contributed by atoms with Crippen LogP contribution < -0.4 is 0 Å². The lowest BCUT2D eigenvalue weighted by atomic mass is 9.98. The van der Waals surface area contributed by atoms with Crippen LogP contribution in [0.25, 0.3) is 0 Å². The smallest absolute Gasteiger partial charge is 0.417 e. The zero-order chi connectivity index (χ0) is 9.68. The summed E-state index contributed by atoms with van der Waals surface area (Å²) in [6, 6.07) is 7.94. The van der Waals surface area contributed by atoms with Crippen molar-refractivity contribution in [2.45, 2.75) is 26.4 Å². The molecular weight excluding hydrogens is 164 g/mol. The van der Waals surface area contributed by atoms with E-state index in [9.17, 15) is 4.79 Å². The molecule has 0 atom stereocenters. The lowest BCUT2D eigenvalue weighted by Gasteiger charge is -2.10. The molecule has 69 valence electrons. The van der Waals surface area contributed by atoms with E-state index in [-0.39, 0.29) is 0 Å². The minimum absolute atomic E-state index is 0.317. The van der Waals surface area contributed by atoms with Gasteiger partial charge >= 0.3 is 6.47 Å². The highest BCUT2D eigenvalue weighted by Gasteiger charge is 2.05. The topological polar surface area (TPSA) is 26.3 Å². The van der Waals surface area contributed by atoms with Crippen molar-refractivity contribution in [1.29, 1.82) is 0 Å². The maximum absolute atomic E-state index is 9.91. The summed E-state index contributed by atoms with van der Waals surface area (Å²) in [5.41, 5.74) is 2.28. The van der Waals surface area contributed by atoms with Crippen LogP contribution in [0, 0.1) is 0 Å². The number of hydrogen-bond acceptors (Lipinski definition) is 2. The zero-order valence-corrected chi connectivity index (χ0v) is 7.91. The van der Waals surface area contributed by atoms with Crippen molar-refractivity contribution in [3.63, 3.8) is 0 Å². The van der Waals surface area contributed by atoms with Crippen LogP contribution in [-0.2, 0) is 16.1 Å². The van der Waals surface area contributed by atoms with Crippen molar-refractivity contribution in [1.82, 2.24) is 0 Å². The molecule has 0 aliphatic heterocycles. The summed E-state index contributed by atoms with van der Waals surface area (Å²) in [7, 11) is 0. The molecule has 2 nitrogen and oxygen atoms in total. The van der Waals surface area contributed by atoms with E-state index in [1.54, 1.807) is 0 Å². The van der Waals surface area contributed by atoms with Crippen LogP contribution in [0.15, 0.2) is 24.3 Å². The maximum Gasteiger partial charge on any atom is 0.417 e. The van der Waals surface area contributed by atoms with Gasteiger partial charge in [0, 0.05) is 0 Å². The Morgan fingerprint density at radius 2 is 2.08 bits per heavy atom. The van der Waals surface area contributed by atoms with Crippen LogP contribution in [0.1, 0.15) is 30.9 Å². The van der Waals surface area contributed by atoms with Gasteiger partial charge in [0.1, 0.15) is 6.61 Å². The summed E-state index contributed by atoms with van der Waals surface area (Å²) in [5, 5.41) is 0. The summed E-state index contributed by atoms with van der Waals surface area (Å²) in [6.45, 7) is 5.98. The van der Waals surface area contributed by atoms with Gasteiger partial charge in [-0.25, -0.2) is 4.79 Å². The van der Waals surface area contributed by atoms with Crippen LogP contribution in [0.3, 0.4) is 0 Å². The first kappa shape index (κ1) is 9.78.